The van der Waals surface area contributed by atoms with Crippen molar-refractivity contribution in [3.05, 3.63) is 65.0 Å². The maximum absolute atomic E-state index is 12.9. The van der Waals surface area contributed by atoms with Crippen LogP contribution in [0.1, 0.15) is 42.5 Å². The van der Waals surface area contributed by atoms with E-state index in [1.807, 2.05) is 6.92 Å². The molecule has 0 fully saturated rings. The van der Waals surface area contributed by atoms with Gasteiger partial charge in [-0.2, -0.15) is 0 Å². The summed E-state index contributed by atoms with van der Waals surface area (Å²) >= 11 is 0. The normalized spacial score (nSPS) is 15.1. The second kappa shape index (κ2) is 9.65. The lowest BCUT2D eigenvalue weighted by Gasteiger charge is -2.20. The topological polar surface area (TPSA) is 62.6 Å². The Balaban J connectivity index is 1.46. The number of rotatable bonds is 7. The van der Waals surface area contributed by atoms with Crippen molar-refractivity contribution in [1.82, 2.24) is 5.32 Å². The first kappa shape index (κ1) is 21.0. The molecule has 2 amide bonds. The van der Waals surface area contributed by atoms with Crippen molar-refractivity contribution in [2.75, 3.05) is 25.5 Å². The minimum Gasteiger partial charge on any atom is -0.345 e. The van der Waals surface area contributed by atoms with Gasteiger partial charge in [-0.25, -0.2) is 4.39 Å². The van der Waals surface area contributed by atoms with Gasteiger partial charge in [0.25, 0.3) is 11.8 Å². The molecule has 3 rings (SSSR count). The van der Waals surface area contributed by atoms with Gasteiger partial charge in [-0.15, -0.1) is 0 Å². The fourth-order valence-corrected chi connectivity index (χ4v) is 3.75. The van der Waals surface area contributed by atoms with Crippen molar-refractivity contribution in [3.8, 4) is 0 Å². The fourth-order valence-electron chi connectivity index (χ4n) is 3.75. The van der Waals surface area contributed by atoms with Gasteiger partial charge in [0.1, 0.15) is 5.82 Å². The zero-order valence-corrected chi connectivity index (χ0v) is 17.1. The molecule has 2 aromatic carbocycles. The molecule has 6 heteroatoms. The first-order valence-corrected chi connectivity index (χ1v) is 10.2. The summed E-state index contributed by atoms with van der Waals surface area (Å²) in [5.74, 6) is -0.664. The summed E-state index contributed by atoms with van der Waals surface area (Å²) in [5, 5.41) is 5.74. The Labute approximate surface area is 171 Å². The van der Waals surface area contributed by atoms with Gasteiger partial charge in [0.15, 0.2) is 13.1 Å². The molecule has 2 atom stereocenters. The quantitative estimate of drug-likeness (QED) is 0.668. The number of benzene rings is 2. The third-order valence-corrected chi connectivity index (χ3v) is 5.30. The van der Waals surface area contributed by atoms with Crippen LogP contribution in [-0.4, -0.2) is 32.0 Å². The van der Waals surface area contributed by atoms with E-state index in [9.17, 15) is 14.0 Å². The van der Waals surface area contributed by atoms with E-state index in [-0.39, 0.29) is 36.8 Å². The number of quaternary nitrogens is 1. The van der Waals surface area contributed by atoms with Gasteiger partial charge in [0.2, 0.25) is 0 Å². The number of fused-ring (bicyclic) bond motifs is 1. The standard InChI is InChI=1S/C23H28FN3O2/c1-16(18-8-7-17-5-3-4-6-19(17)13-18)25-22(28)14-27(2)15-23(29)26-21-11-9-20(24)10-12-21/h7-13,16H,3-6,14-15H2,1-2H3,(H,25,28)(H,26,29)/p+1/t16-/m0/s1. The number of halogens is 1. The second-order valence-electron chi connectivity index (χ2n) is 7.89. The lowest BCUT2D eigenvalue weighted by atomic mass is 9.89. The molecule has 0 saturated carbocycles. The summed E-state index contributed by atoms with van der Waals surface area (Å²) in [7, 11) is 1.80. The van der Waals surface area contributed by atoms with E-state index in [0.29, 0.717) is 5.69 Å². The molecule has 1 aliphatic carbocycles. The van der Waals surface area contributed by atoms with Crippen LogP contribution < -0.4 is 15.5 Å². The second-order valence-corrected chi connectivity index (χ2v) is 7.89. The molecular weight excluding hydrogens is 369 g/mol. The van der Waals surface area contributed by atoms with Crippen molar-refractivity contribution < 1.29 is 18.9 Å². The van der Waals surface area contributed by atoms with Crippen molar-refractivity contribution in [2.24, 2.45) is 0 Å². The maximum atomic E-state index is 12.9. The Morgan fingerprint density at radius 3 is 2.38 bits per heavy atom. The Kier molecular flexibility index (Phi) is 6.99. The summed E-state index contributed by atoms with van der Waals surface area (Å²) in [4.78, 5) is 25.3. The molecule has 29 heavy (non-hydrogen) atoms. The number of amides is 2. The number of hydrogen-bond acceptors (Lipinski definition) is 2. The predicted molar refractivity (Wildman–Crippen MR) is 111 cm³/mol. The van der Waals surface area contributed by atoms with Gasteiger partial charge in [-0.05, 0) is 73.6 Å². The number of hydrogen-bond donors (Lipinski definition) is 3. The molecule has 0 saturated heterocycles. The Hall–Kier alpha value is -2.73. The van der Waals surface area contributed by atoms with Crippen LogP contribution in [0.3, 0.4) is 0 Å². The molecule has 0 heterocycles. The van der Waals surface area contributed by atoms with Crippen molar-refractivity contribution in [3.63, 3.8) is 0 Å². The van der Waals surface area contributed by atoms with Crippen LogP contribution in [0.25, 0.3) is 0 Å². The summed E-state index contributed by atoms with van der Waals surface area (Å²) in [6, 6.07) is 12.0. The number of carbonyl (C=O) groups is 2. The highest BCUT2D eigenvalue weighted by atomic mass is 19.1. The third-order valence-electron chi connectivity index (χ3n) is 5.30. The van der Waals surface area contributed by atoms with Crippen LogP contribution >= 0.6 is 0 Å². The largest absolute Gasteiger partial charge is 0.345 e. The lowest BCUT2D eigenvalue weighted by Crippen LogP contribution is -3.11. The SMILES string of the molecule is C[C@H](NC(=O)C[NH+](C)CC(=O)Nc1ccc(F)cc1)c1ccc2c(c1)CCCC2. The van der Waals surface area contributed by atoms with E-state index in [0.717, 1.165) is 23.3 Å². The van der Waals surface area contributed by atoms with E-state index in [1.165, 1.54) is 48.2 Å². The van der Waals surface area contributed by atoms with E-state index < -0.39 is 0 Å². The van der Waals surface area contributed by atoms with Crippen LogP contribution in [0.2, 0.25) is 0 Å². The van der Waals surface area contributed by atoms with Crippen molar-refractivity contribution >= 4 is 17.5 Å². The van der Waals surface area contributed by atoms with Crippen molar-refractivity contribution in [1.29, 1.82) is 0 Å². The molecule has 0 bridgehead atoms. The number of likely N-dealkylation sites (N-methyl/N-ethyl adjacent to an activating group) is 1. The van der Waals surface area contributed by atoms with Gasteiger partial charge >= 0.3 is 0 Å². The smallest absolute Gasteiger partial charge is 0.279 e. The molecule has 0 radical (unpaired) electrons. The number of aryl methyl sites for hydroxylation is 2. The van der Waals surface area contributed by atoms with E-state index >= 15 is 0 Å². The Morgan fingerprint density at radius 1 is 1.00 bits per heavy atom. The van der Waals surface area contributed by atoms with Crippen LogP contribution in [0.15, 0.2) is 42.5 Å². The molecular formula is C23H29FN3O2+. The number of nitrogens with one attached hydrogen (secondary N) is 3. The first-order valence-electron chi connectivity index (χ1n) is 10.2. The van der Waals surface area contributed by atoms with Gasteiger partial charge in [0.05, 0.1) is 13.1 Å². The van der Waals surface area contributed by atoms with Gasteiger partial charge < -0.3 is 15.5 Å². The average molecular weight is 399 g/mol. The molecule has 1 aliphatic rings. The molecule has 0 spiro atoms. The summed E-state index contributed by atoms with van der Waals surface area (Å²) in [6.07, 6.45) is 4.73. The highest BCUT2D eigenvalue weighted by Crippen LogP contribution is 2.24. The molecule has 2 aromatic rings. The van der Waals surface area contributed by atoms with Crippen LogP contribution in [-0.2, 0) is 22.4 Å². The molecule has 0 aliphatic heterocycles. The summed E-state index contributed by atoms with van der Waals surface area (Å²) in [6.45, 7) is 2.34. The zero-order valence-electron chi connectivity index (χ0n) is 17.1. The summed E-state index contributed by atoms with van der Waals surface area (Å²) < 4.78 is 12.9. The predicted octanol–water partition coefficient (Wildman–Crippen LogP) is 2.04. The molecule has 1 unspecified atom stereocenters. The van der Waals surface area contributed by atoms with Crippen LogP contribution in [0.5, 0.6) is 0 Å². The van der Waals surface area contributed by atoms with Gasteiger partial charge in [0, 0.05) is 5.69 Å². The van der Waals surface area contributed by atoms with Crippen molar-refractivity contribution in [2.45, 2.75) is 38.6 Å². The molecule has 154 valence electrons. The number of anilines is 1. The Bertz CT molecular complexity index is 867. The van der Waals surface area contributed by atoms with E-state index in [2.05, 4.69) is 28.8 Å². The van der Waals surface area contributed by atoms with Gasteiger partial charge in [-0.3, -0.25) is 9.59 Å². The molecule has 3 N–H and O–H groups in total. The average Bonchev–Trinajstić information content (AvgIpc) is 2.69. The first-order chi connectivity index (χ1) is 13.9. The minimum absolute atomic E-state index is 0.0735. The highest BCUT2D eigenvalue weighted by molar-refractivity contribution is 5.91. The fraction of sp³-hybridized carbons (Fsp3) is 0.391. The maximum Gasteiger partial charge on any atom is 0.279 e. The third kappa shape index (κ3) is 6.12. The molecule has 5 nitrogen and oxygen atoms in total. The van der Waals surface area contributed by atoms with E-state index in [4.69, 9.17) is 0 Å². The monoisotopic (exact) mass is 398 g/mol. The summed E-state index contributed by atoms with van der Waals surface area (Å²) in [5.41, 5.74) is 4.48. The van der Waals surface area contributed by atoms with Gasteiger partial charge in [-0.1, -0.05) is 18.2 Å². The van der Waals surface area contributed by atoms with E-state index in [1.54, 1.807) is 7.05 Å². The highest BCUT2D eigenvalue weighted by Gasteiger charge is 2.18. The lowest BCUT2D eigenvalue weighted by molar-refractivity contribution is -0.862. The number of carbonyl (C=O) groups excluding carboxylic acids is 2. The van der Waals surface area contributed by atoms with Crippen LogP contribution in [0, 0.1) is 5.82 Å². The minimum atomic E-state index is -0.351. The zero-order chi connectivity index (χ0) is 20.8. The van der Waals surface area contributed by atoms with Crippen LogP contribution in [0.4, 0.5) is 10.1 Å². The molecule has 0 aromatic heterocycles. The Morgan fingerprint density at radius 2 is 1.66 bits per heavy atom.